The van der Waals surface area contributed by atoms with Crippen LogP contribution >= 0.6 is 0 Å². The van der Waals surface area contributed by atoms with Gasteiger partial charge in [0.25, 0.3) is 0 Å². The summed E-state index contributed by atoms with van der Waals surface area (Å²) in [6.45, 7) is 4.21. The lowest BCUT2D eigenvalue weighted by Crippen LogP contribution is -2.44. The molecule has 1 aromatic carbocycles. The van der Waals surface area contributed by atoms with Gasteiger partial charge in [0.05, 0.1) is 5.69 Å². The largest absolute Gasteiger partial charge is 0.367 e. The van der Waals surface area contributed by atoms with E-state index in [0.29, 0.717) is 12.2 Å². The van der Waals surface area contributed by atoms with Gasteiger partial charge in [-0.05, 0) is 25.5 Å². The Hall–Kier alpha value is -1.85. The van der Waals surface area contributed by atoms with E-state index in [-0.39, 0.29) is 6.04 Å². The summed E-state index contributed by atoms with van der Waals surface area (Å²) in [4.78, 5) is 6.04. The van der Waals surface area contributed by atoms with Gasteiger partial charge in [0.15, 0.2) is 5.96 Å². The molecule has 4 nitrogen and oxygen atoms in total. The van der Waals surface area contributed by atoms with Crippen LogP contribution in [0.2, 0.25) is 0 Å². The highest BCUT2D eigenvalue weighted by molar-refractivity contribution is 5.80. The normalized spacial score (nSPS) is 19.3. The number of nitrogens with zero attached hydrogens (tertiary/aromatic N) is 2. The van der Waals surface area contributed by atoms with Gasteiger partial charge < -0.3 is 15.5 Å². The molecule has 1 aliphatic rings. The minimum absolute atomic E-state index is 0.206. The molecule has 0 spiro atoms. The second kappa shape index (κ2) is 6.54. The first-order valence-corrected chi connectivity index (χ1v) is 6.81. The zero-order valence-corrected chi connectivity index (χ0v) is 11.8. The lowest BCUT2D eigenvalue weighted by atomic mass is 10.2. The van der Waals surface area contributed by atoms with Gasteiger partial charge in [-0.2, -0.15) is 0 Å². The highest BCUT2D eigenvalue weighted by Crippen LogP contribution is 2.24. The van der Waals surface area contributed by atoms with Crippen molar-refractivity contribution in [3.05, 3.63) is 29.8 Å². The van der Waals surface area contributed by atoms with Crippen molar-refractivity contribution in [1.29, 1.82) is 0 Å². The van der Waals surface area contributed by atoms with E-state index in [2.05, 4.69) is 15.6 Å². The van der Waals surface area contributed by atoms with Crippen LogP contribution in [0.1, 0.15) is 13.3 Å². The predicted molar refractivity (Wildman–Crippen MR) is 77.1 cm³/mol. The molecule has 1 unspecified atom stereocenters. The quantitative estimate of drug-likeness (QED) is 0.655. The van der Waals surface area contributed by atoms with Crippen molar-refractivity contribution >= 4 is 11.6 Å². The van der Waals surface area contributed by atoms with Gasteiger partial charge in [0.2, 0.25) is 0 Å². The van der Waals surface area contributed by atoms with E-state index in [4.69, 9.17) is 0 Å². The number of anilines is 1. The number of halogens is 2. The Labute approximate surface area is 117 Å². The Morgan fingerprint density at radius 3 is 2.90 bits per heavy atom. The second-order valence-corrected chi connectivity index (χ2v) is 4.77. The second-order valence-electron chi connectivity index (χ2n) is 4.77. The van der Waals surface area contributed by atoms with Crippen LogP contribution in [0.25, 0.3) is 0 Å². The Bertz CT molecular complexity index is 490. The Morgan fingerprint density at radius 1 is 1.45 bits per heavy atom. The third kappa shape index (κ3) is 3.37. The van der Waals surface area contributed by atoms with Crippen molar-refractivity contribution in [2.75, 3.05) is 31.6 Å². The topological polar surface area (TPSA) is 39.7 Å². The standard InChI is InChI=1S/C14H20F2N4/c1-3-18-14(17-2)19-11-6-7-20(9-11)13-5-4-10(15)8-12(13)16/h4-5,8,11H,3,6-7,9H2,1-2H3,(H2,17,18,19). The molecule has 1 atom stereocenters. The summed E-state index contributed by atoms with van der Waals surface area (Å²) in [5.74, 6) is -0.312. The van der Waals surface area contributed by atoms with Gasteiger partial charge in [-0.25, -0.2) is 8.78 Å². The van der Waals surface area contributed by atoms with Crippen LogP contribution in [0.3, 0.4) is 0 Å². The van der Waals surface area contributed by atoms with E-state index >= 15 is 0 Å². The third-order valence-corrected chi connectivity index (χ3v) is 3.35. The first-order chi connectivity index (χ1) is 9.63. The van der Waals surface area contributed by atoms with Gasteiger partial charge in [-0.15, -0.1) is 0 Å². The number of hydrogen-bond acceptors (Lipinski definition) is 2. The first-order valence-electron chi connectivity index (χ1n) is 6.81. The van der Waals surface area contributed by atoms with Crippen molar-refractivity contribution in [2.24, 2.45) is 4.99 Å². The summed E-state index contributed by atoms with van der Waals surface area (Å²) < 4.78 is 26.7. The predicted octanol–water partition coefficient (Wildman–Crippen LogP) is 1.73. The molecular weight excluding hydrogens is 262 g/mol. The van der Waals surface area contributed by atoms with Crippen LogP contribution in [0.5, 0.6) is 0 Å². The monoisotopic (exact) mass is 282 g/mol. The molecule has 0 amide bonds. The fourth-order valence-electron chi connectivity index (χ4n) is 2.39. The molecule has 1 aliphatic heterocycles. The first kappa shape index (κ1) is 14.6. The average Bonchev–Trinajstić information content (AvgIpc) is 2.86. The van der Waals surface area contributed by atoms with Crippen LogP contribution in [0.15, 0.2) is 23.2 Å². The summed E-state index contributed by atoms with van der Waals surface area (Å²) >= 11 is 0. The molecule has 0 radical (unpaired) electrons. The molecule has 6 heteroatoms. The minimum atomic E-state index is -0.548. The van der Waals surface area contributed by atoms with E-state index in [1.54, 1.807) is 7.05 Å². The highest BCUT2D eigenvalue weighted by atomic mass is 19.1. The number of rotatable bonds is 3. The van der Waals surface area contributed by atoms with Gasteiger partial charge in [-0.1, -0.05) is 0 Å². The number of guanidine groups is 1. The molecule has 2 N–H and O–H groups in total. The SMILES string of the molecule is CCNC(=NC)NC1CCN(c2ccc(F)cc2F)C1. The van der Waals surface area contributed by atoms with E-state index in [9.17, 15) is 8.78 Å². The Balaban J connectivity index is 1.98. The lowest BCUT2D eigenvalue weighted by Gasteiger charge is -2.20. The van der Waals surface area contributed by atoms with E-state index in [1.165, 1.54) is 12.1 Å². The summed E-state index contributed by atoms with van der Waals surface area (Å²) in [5.41, 5.74) is 0.453. The molecule has 2 rings (SSSR count). The van der Waals surface area contributed by atoms with Crippen LogP contribution in [-0.2, 0) is 0 Å². The van der Waals surface area contributed by atoms with Crippen LogP contribution in [-0.4, -0.2) is 38.7 Å². The Morgan fingerprint density at radius 2 is 2.25 bits per heavy atom. The molecule has 1 heterocycles. The van der Waals surface area contributed by atoms with Crippen LogP contribution in [0, 0.1) is 11.6 Å². The molecule has 1 aromatic rings. The van der Waals surface area contributed by atoms with Crippen molar-refractivity contribution in [3.8, 4) is 0 Å². The Kier molecular flexibility index (Phi) is 4.76. The molecule has 0 bridgehead atoms. The molecule has 0 aliphatic carbocycles. The lowest BCUT2D eigenvalue weighted by molar-refractivity contribution is 0.580. The van der Waals surface area contributed by atoms with Crippen molar-refractivity contribution in [2.45, 2.75) is 19.4 Å². The zero-order valence-electron chi connectivity index (χ0n) is 11.8. The van der Waals surface area contributed by atoms with Crippen molar-refractivity contribution in [3.63, 3.8) is 0 Å². The summed E-state index contributed by atoms with van der Waals surface area (Å²) in [7, 11) is 1.72. The number of benzene rings is 1. The third-order valence-electron chi connectivity index (χ3n) is 3.35. The van der Waals surface area contributed by atoms with Gasteiger partial charge in [0.1, 0.15) is 11.6 Å². The number of aliphatic imine (C=N–C) groups is 1. The number of nitrogens with one attached hydrogen (secondary N) is 2. The molecule has 20 heavy (non-hydrogen) atoms. The van der Waals surface area contributed by atoms with Crippen molar-refractivity contribution < 1.29 is 8.78 Å². The molecule has 110 valence electrons. The molecule has 1 fully saturated rings. The minimum Gasteiger partial charge on any atom is -0.367 e. The maximum atomic E-state index is 13.7. The summed E-state index contributed by atoms with van der Waals surface area (Å²) in [6.07, 6.45) is 0.890. The maximum absolute atomic E-state index is 13.7. The van der Waals surface area contributed by atoms with Gasteiger partial charge in [-0.3, -0.25) is 4.99 Å². The molecule has 1 saturated heterocycles. The summed E-state index contributed by atoms with van der Waals surface area (Å²) in [5, 5.41) is 6.43. The highest BCUT2D eigenvalue weighted by Gasteiger charge is 2.25. The average molecular weight is 282 g/mol. The molecular formula is C14H20F2N4. The summed E-state index contributed by atoms with van der Waals surface area (Å²) in [6, 6.07) is 3.91. The number of hydrogen-bond donors (Lipinski definition) is 2. The van der Waals surface area contributed by atoms with E-state index in [1.807, 2.05) is 11.8 Å². The fraction of sp³-hybridized carbons (Fsp3) is 0.500. The maximum Gasteiger partial charge on any atom is 0.191 e. The van der Waals surface area contributed by atoms with Crippen LogP contribution < -0.4 is 15.5 Å². The van der Waals surface area contributed by atoms with Gasteiger partial charge in [0, 0.05) is 38.8 Å². The fourth-order valence-corrected chi connectivity index (χ4v) is 2.39. The van der Waals surface area contributed by atoms with Crippen LogP contribution in [0.4, 0.5) is 14.5 Å². The smallest absolute Gasteiger partial charge is 0.191 e. The van der Waals surface area contributed by atoms with Crippen molar-refractivity contribution in [1.82, 2.24) is 10.6 Å². The van der Waals surface area contributed by atoms with E-state index < -0.39 is 11.6 Å². The molecule has 0 saturated carbocycles. The zero-order chi connectivity index (χ0) is 14.5. The van der Waals surface area contributed by atoms with Gasteiger partial charge >= 0.3 is 0 Å². The van der Waals surface area contributed by atoms with E-state index in [0.717, 1.165) is 31.5 Å². The molecule has 0 aromatic heterocycles.